The van der Waals surface area contributed by atoms with Gasteiger partial charge in [-0.05, 0) is 57.1 Å². The summed E-state index contributed by atoms with van der Waals surface area (Å²) < 4.78 is 0. The molecule has 1 fully saturated rings. The minimum Gasteiger partial charge on any atom is -0.481 e. The molecule has 310 valence electrons. The second-order valence-electron chi connectivity index (χ2n) is 13.8. The molecule has 6 amide bonds. The smallest absolute Gasteiger partial charge is 0.327 e. The molecule has 7 atom stereocenters. The lowest BCUT2D eigenvalue weighted by molar-refractivity contribution is -0.143. The average molecular weight is 793 g/mol. The lowest BCUT2D eigenvalue weighted by Gasteiger charge is -2.31. The summed E-state index contributed by atoms with van der Waals surface area (Å²) >= 11 is 0. The van der Waals surface area contributed by atoms with Crippen LogP contribution in [0, 0.1) is 5.92 Å². The molecule has 1 aromatic rings. The molecule has 1 aliphatic heterocycles. The van der Waals surface area contributed by atoms with E-state index in [0.717, 1.165) is 6.92 Å². The van der Waals surface area contributed by atoms with E-state index in [1.54, 1.807) is 12.1 Å². The van der Waals surface area contributed by atoms with Crippen molar-refractivity contribution >= 4 is 59.0 Å². The van der Waals surface area contributed by atoms with Crippen LogP contribution in [0.2, 0.25) is 0 Å². The van der Waals surface area contributed by atoms with E-state index in [-0.39, 0.29) is 36.6 Å². The lowest BCUT2D eigenvalue weighted by Crippen LogP contribution is -2.61. The number of aliphatic carboxylic acids is 3. The minimum atomic E-state index is -1.85. The zero-order valence-corrected chi connectivity index (χ0v) is 31.4. The van der Waals surface area contributed by atoms with Gasteiger partial charge in [0.15, 0.2) is 0 Å². The summed E-state index contributed by atoms with van der Waals surface area (Å²) in [4.78, 5) is 116. The fraction of sp³-hybridized carbons (Fsp3) is 0.571. The van der Waals surface area contributed by atoms with Crippen molar-refractivity contribution in [3.63, 3.8) is 0 Å². The van der Waals surface area contributed by atoms with Crippen LogP contribution < -0.4 is 38.1 Å². The van der Waals surface area contributed by atoms with E-state index in [0.29, 0.717) is 6.42 Å². The van der Waals surface area contributed by atoms with Crippen LogP contribution in [0.15, 0.2) is 24.3 Å². The maximum atomic E-state index is 13.9. The quantitative estimate of drug-likeness (QED) is 0.0541. The van der Waals surface area contributed by atoms with E-state index in [1.807, 2.05) is 13.8 Å². The topological polar surface area (TPSA) is 350 Å². The molecule has 0 spiro atoms. The first-order valence-corrected chi connectivity index (χ1v) is 18.0. The zero-order chi connectivity index (χ0) is 42.3. The first kappa shape index (κ1) is 46.3. The number of aliphatic hydroxyl groups excluding tert-OH is 1. The van der Waals surface area contributed by atoms with Crippen LogP contribution in [0.4, 0.5) is 5.69 Å². The largest absolute Gasteiger partial charge is 0.481 e. The van der Waals surface area contributed by atoms with Crippen molar-refractivity contribution in [2.75, 3.05) is 18.8 Å². The van der Waals surface area contributed by atoms with Gasteiger partial charge in [-0.25, -0.2) is 4.79 Å². The van der Waals surface area contributed by atoms with Crippen LogP contribution in [0.1, 0.15) is 76.1 Å². The maximum absolute atomic E-state index is 13.9. The molecule has 0 saturated carbocycles. The standard InChI is InChI=1S/C35H52N8O13/c1-17(2)15-23(40-29(49)19-7-4-5-8-20(19)37)34(54)43-14-6-9-25(43)32(52)38-22(11-13-27(47)48)31(51)42-28(18(3)44)33(53)39-21(10-12-26(45)46)30(50)41-24(16-36)35(55)56/h4-5,7-8,17-18,21-25,28,44H,6,9-16,36-37H2,1-3H3,(H,38,52)(H,39,53)(H,40,49)(H,41,50)(H,42,51)(H,45,46)(H,47,48)(H,55,56)/t18-,21+,22+,23+,24+,25+,28+/m1/s1. The van der Waals surface area contributed by atoms with Gasteiger partial charge in [-0.2, -0.15) is 0 Å². The van der Waals surface area contributed by atoms with Crippen molar-refractivity contribution in [2.45, 2.75) is 108 Å². The van der Waals surface area contributed by atoms with Gasteiger partial charge in [0.25, 0.3) is 5.91 Å². The number of anilines is 1. The minimum absolute atomic E-state index is 0.0650. The third kappa shape index (κ3) is 14.1. The molecule has 2 rings (SSSR count). The molecule has 21 heteroatoms. The Kier molecular flexibility index (Phi) is 18.1. The van der Waals surface area contributed by atoms with Crippen LogP contribution in [0.3, 0.4) is 0 Å². The summed E-state index contributed by atoms with van der Waals surface area (Å²) in [7, 11) is 0. The number of benzene rings is 1. The second kappa shape index (κ2) is 21.9. The van der Waals surface area contributed by atoms with Crippen molar-refractivity contribution in [2.24, 2.45) is 11.7 Å². The number of carbonyl (C=O) groups excluding carboxylic acids is 6. The number of likely N-dealkylation sites (tertiary alicyclic amines) is 1. The van der Waals surface area contributed by atoms with Crippen LogP contribution in [0.5, 0.6) is 0 Å². The zero-order valence-electron chi connectivity index (χ0n) is 31.4. The molecule has 21 nitrogen and oxygen atoms in total. The number of nitrogens with two attached hydrogens (primary N) is 2. The van der Waals surface area contributed by atoms with Gasteiger partial charge in [-0.1, -0.05) is 26.0 Å². The molecule has 1 saturated heterocycles. The number of amides is 6. The van der Waals surface area contributed by atoms with Gasteiger partial charge in [-0.15, -0.1) is 0 Å². The number of nitrogens with one attached hydrogen (secondary N) is 5. The summed E-state index contributed by atoms with van der Waals surface area (Å²) in [5.41, 5.74) is 11.7. The Bertz CT molecular complexity index is 1620. The number of para-hydroxylation sites is 1. The maximum Gasteiger partial charge on any atom is 0.327 e. The number of rotatable bonds is 22. The number of nitrogen functional groups attached to an aromatic ring is 1. The number of hydrogen-bond acceptors (Lipinski definition) is 12. The molecule has 0 aliphatic carbocycles. The van der Waals surface area contributed by atoms with Crippen molar-refractivity contribution in [3.8, 4) is 0 Å². The molecule has 0 aromatic heterocycles. The molecule has 13 N–H and O–H groups in total. The SMILES string of the molecule is CC(C)C[C@H](NC(=O)c1ccccc1N)C(=O)N1CCC[C@H]1C(=O)N[C@@H](CCC(=O)O)C(=O)N[C@H](C(=O)N[C@@H](CCC(=O)O)C(=O)N[C@@H](CN)C(=O)O)[C@@H](C)O. The number of aliphatic hydroxyl groups is 1. The third-order valence-corrected chi connectivity index (χ3v) is 8.83. The Balaban J connectivity index is 2.29. The predicted molar refractivity (Wildman–Crippen MR) is 196 cm³/mol. The Labute approximate surface area is 322 Å². The Morgan fingerprint density at radius 1 is 0.768 bits per heavy atom. The van der Waals surface area contributed by atoms with Crippen LogP contribution in [-0.4, -0.2) is 134 Å². The van der Waals surface area contributed by atoms with Gasteiger partial charge in [0.2, 0.25) is 29.5 Å². The monoisotopic (exact) mass is 792 g/mol. The number of nitrogens with zero attached hydrogens (tertiary/aromatic N) is 1. The summed E-state index contributed by atoms with van der Waals surface area (Å²) in [5.74, 6) is -9.71. The highest BCUT2D eigenvalue weighted by Crippen LogP contribution is 2.22. The van der Waals surface area contributed by atoms with Gasteiger partial charge < -0.3 is 63.4 Å². The number of hydrogen-bond donors (Lipinski definition) is 11. The van der Waals surface area contributed by atoms with Crippen LogP contribution >= 0.6 is 0 Å². The average Bonchev–Trinajstić information content (AvgIpc) is 3.62. The predicted octanol–water partition coefficient (Wildman–Crippen LogP) is -2.50. The Morgan fingerprint density at radius 2 is 1.32 bits per heavy atom. The van der Waals surface area contributed by atoms with Crippen molar-refractivity contribution < 1.29 is 63.6 Å². The molecule has 0 radical (unpaired) electrons. The van der Waals surface area contributed by atoms with Gasteiger partial charge in [0.05, 0.1) is 11.7 Å². The number of carboxylic acids is 3. The lowest BCUT2D eigenvalue weighted by atomic mass is 10.0. The molecular formula is C35H52N8O13. The van der Waals surface area contributed by atoms with Crippen molar-refractivity contribution in [1.29, 1.82) is 0 Å². The van der Waals surface area contributed by atoms with Gasteiger partial charge in [-0.3, -0.25) is 38.4 Å². The molecule has 1 heterocycles. The molecule has 0 bridgehead atoms. The highest BCUT2D eigenvalue weighted by Gasteiger charge is 2.40. The molecular weight excluding hydrogens is 740 g/mol. The molecule has 56 heavy (non-hydrogen) atoms. The summed E-state index contributed by atoms with van der Waals surface area (Å²) in [6.45, 7) is 4.36. The molecule has 0 unspecified atom stereocenters. The van der Waals surface area contributed by atoms with Gasteiger partial charge in [0, 0.05) is 31.6 Å². The van der Waals surface area contributed by atoms with E-state index in [4.69, 9.17) is 16.6 Å². The fourth-order valence-electron chi connectivity index (χ4n) is 5.89. The fourth-order valence-corrected chi connectivity index (χ4v) is 5.89. The summed E-state index contributed by atoms with van der Waals surface area (Å²) in [6.07, 6.45) is -3.23. The first-order chi connectivity index (χ1) is 26.3. The highest BCUT2D eigenvalue weighted by atomic mass is 16.4. The number of carbonyl (C=O) groups is 9. The van der Waals surface area contributed by atoms with Gasteiger partial charge >= 0.3 is 17.9 Å². The summed E-state index contributed by atoms with van der Waals surface area (Å²) in [6, 6.07) is -2.63. The van der Waals surface area contributed by atoms with Gasteiger partial charge in [0.1, 0.15) is 36.3 Å². The van der Waals surface area contributed by atoms with E-state index in [9.17, 15) is 58.5 Å². The van der Waals surface area contributed by atoms with E-state index < -0.39 is 128 Å². The molecule has 1 aromatic carbocycles. The summed E-state index contributed by atoms with van der Waals surface area (Å²) in [5, 5.41) is 49.8. The van der Waals surface area contributed by atoms with Crippen LogP contribution in [-0.2, 0) is 38.4 Å². The molecule has 1 aliphatic rings. The van der Waals surface area contributed by atoms with E-state index >= 15 is 0 Å². The normalized spacial score (nSPS) is 17.0. The third-order valence-electron chi connectivity index (χ3n) is 8.83. The van der Waals surface area contributed by atoms with Crippen molar-refractivity contribution in [3.05, 3.63) is 29.8 Å². The second-order valence-corrected chi connectivity index (χ2v) is 13.8. The van der Waals surface area contributed by atoms with Crippen molar-refractivity contribution in [1.82, 2.24) is 31.5 Å². The number of carboxylic acid groups (broad SMARTS) is 3. The Hall–Kier alpha value is -5.83. The van der Waals surface area contributed by atoms with E-state index in [1.165, 1.54) is 17.0 Å². The van der Waals surface area contributed by atoms with E-state index in [2.05, 4.69) is 26.6 Å². The van der Waals surface area contributed by atoms with Crippen LogP contribution in [0.25, 0.3) is 0 Å². The highest BCUT2D eigenvalue weighted by molar-refractivity contribution is 6.02. The first-order valence-electron chi connectivity index (χ1n) is 18.0. The Morgan fingerprint density at radius 3 is 1.84 bits per heavy atom.